The fourth-order valence-corrected chi connectivity index (χ4v) is 1.27. The van der Waals surface area contributed by atoms with Gasteiger partial charge in [-0.1, -0.05) is 50.1 Å². The molecule has 0 rings (SSSR count). The molecule has 0 spiro atoms. The van der Waals surface area contributed by atoms with Crippen molar-refractivity contribution in [3.63, 3.8) is 0 Å². The van der Waals surface area contributed by atoms with Gasteiger partial charge in [-0.3, -0.25) is 0 Å². The predicted octanol–water partition coefficient (Wildman–Crippen LogP) is 4.68. The molecule has 0 saturated carbocycles. The molecule has 126 valence electrons. The van der Waals surface area contributed by atoms with Gasteiger partial charge in [-0.25, -0.2) is 0 Å². The third kappa shape index (κ3) is 7.95. The summed E-state index contributed by atoms with van der Waals surface area (Å²) in [6.45, 7) is 17.7. The molecule has 0 saturated heterocycles. The van der Waals surface area contributed by atoms with Gasteiger partial charge >= 0.3 is 6.18 Å². The van der Waals surface area contributed by atoms with Crippen molar-refractivity contribution < 1.29 is 13.2 Å². The zero-order valence-corrected chi connectivity index (χ0v) is 13.5. The molecule has 0 aliphatic heterocycles. The first-order chi connectivity index (χ1) is 10.5. The maximum Gasteiger partial charge on any atom is 0.415 e. The van der Waals surface area contributed by atoms with Crippen molar-refractivity contribution >= 4 is 0 Å². The normalized spacial score (nSPS) is 14.5. The number of hydrogen-bond donors (Lipinski definition) is 2. The van der Waals surface area contributed by atoms with Crippen LogP contribution in [-0.4, -0.2) is 12.2 Å². The molecule has 23 heavy (non-hydrogen) atoms. The second-order valence-electron chi connectivity index (χ2n) is 5.01. The van der Waals surface area contributed by atoms with E-state index in [-0.39, 0.29) is 6.04 Å². The molecule has 0 fully saturated rings. The number of halogens is 3. The lowest BCUT2D eigenvalue weighted by atomic mass is 10.1. The van der Waals surface area contributed by atoms with Gasteiger partial charge in [-0.2, -0.15) is 13.2 Å². The number of allylic oxidation sites excluding steroid dienone is 7. The SMILES string of the molecule is C=C/C(C)=C\C=C(/N)C(C)NC(=C)C(=C)/C=C\C(=C)C(F)(F)F. The fourth-order valence-electron chi connectivity index (χ4n) is 1.27. The number of nitrogens with one attached hydrogen (secondary N) is 1. The maximum absolute atomic E-state index is 12.3. The van der Waals surface area contributed by atoms with Crippen LogP contribution in [0.5, 0.6) is 0 Å². The molecule has 0 aliphatic carbocycles. The molecule has 0 bridgehead atoms. The predicted molar refractivity (Wildman–Crippen MR) is 91.4 cm³/mol. The Balaban J connectivity index is 4.76. The van der Waals surface area contributed by atoms with Gasteiger partial charge in [-0.05, 0) is 31.6 Å². The molecular weight excluding hydrogens is 301 g/mol. The van der Waals surface area contributed by atoms with Crippen molar-refractivity contribution in [1.82, 2.24) is 5.32 Å². The highest BCUT2D eigenvalue weighted by Gasteiger charge is 2.29. The number of alkyl halides is 3. The molecule has 0 aliphatic rings. The summed E-state index contributed by atoms with van der Waals surface area (Å²) in [5, 5.41) is 2.98. The second kappa shape index (κ2) is 8.88. The van der Waals surface area contributed by atoms with Crippen LogP contribution < -0.4 is 11.1 Å². The van der Waals surface area contributed by atoms with E-state index in [4.69, 9.17) is 5.73 Å². The van der Waals surface area contributed by atoms with Crippen molar-refractivity contribution in [2.24, 2.45) is 5.73 Å². The summed E-state index contributed by atoms with van der Waals surface area (Å²) >= 11 is 0. The zero-order valence-electron chi connectivity index (χ0n) is 13.5. The third-order valence-corrected chi connectivity index (χ3v) is 2.99. The summed E-state index contributed by atoms with van der Waals surface area (Å²) in [6, 6.07) is -0.257. The van der Waals surface area contributed by atoms with Crippen molar-refractivity contribution in [2.75, 3.05) is 0 Å². The number of nitrogens with two attached hydrogens (primary N) is 1. The molecule has 1 unspecified atom stereocenters. The Morgan fingerprint density at radius 3 is 2.17 bits per heavy atom. The largest absolute Gasteiger partial charge is 0.415 e. The standard InChI is InChI=1S/C18H23F3N2/c1-7-12(2)8-11-17(22)16(6)23-15(5)13(3)9-10-14(4)18(19,20)21/h7-11,16,23H,1,3-5,22H2,2,6H3/b10-9-,12-8-,17-11-. The van der Waals surface area contributed by atoms with E-state index in [1.807, 2.05) is 13.0 Å². The van der Waals surface area contributed by atoms with E-state index in [0.29, 0.717) is 17.0 Å². The van der Waals surface area contributed by atoms with E-state index < -0.39 is 11.7 Å². The highest BCUT2D eigenvalue weighted by Crippen LogP contribution is 2.25. The van der Waals surface area contributed by atoms with Gasteiger partial charge in [0, 0.05) is 17.0 Å². The van der Waals surface area contributed by atoms with Crippen molar-refractivity contribution in [2.45, 2.75) is 26.1 Å². The highest BCUT2D eigenvalue weighted by molar-refractivity contribution is 5.38. The average Bonchev–Trinajstić information content (AvgIpc) is 2.47. The average molecular weight is 324 g/mol. The molecule has 0 radical (unpaired) electrons. The van der Waals surface area contributed by atoms with Crippen molar-refractivity contribution in [1.29, 1.82) is 0 Å². The van der Waals surface area contributed by atoms with E-state index in [1.54, 1.807) is 19.1 Å². The lowest BCUT2D eigenvalue weighted by Gasteiger charge is -2.18. The molecule has 1 atom stereocenters. The molecule has 2 nitrogen and oxygen atoms in total. The van der Waals surface area contributed by atoms with E-state index in [9.17, 15) is 13.2 Å². The Bertz CT molecular complexity index is 576. The van der Waals surface area contributed by atoms with Crippen LogP contribution in [0.4, 0.5) is 13.2 Å². The minimum absolute atomic E-state index is 0.257. The third-order valence-electron chi connectivity index (χ3n) is 2.99. The molecule has 3 N–H and O–H groups in total. The molecular formula is C18H23F3N2. The van der Waals surface area contributed by atoms with Crippen LogP contribution in [0.25, 0.3) is 0 Å². The smallest absolute Gasteiger partial charge is 0.400 e. The number of rotatable bonds is 8. The van der Waals surface area contributed by atoms with Crippen LogP contribution in [-0.2, 0) is 0 Å². The summed E-state index contributed by atoms with van der Waals surface area (Å²) in [6.07, 6.45) is 2.84. The quantitative estimate of drug-likeness (QED) is 0.636. The van der Waals surface area contributed by atoms with Crippen LogP contribution in [0.1, 0.15) is 13.8 Å². The zero-order chi connectivity index (χ0) is 18.2. The van der Waals surface area contributed by atoms with E-state index in [2.05, 4.69) is 31.6 Å². The molecule has 0 aromatic rings. The highest BCUT2D eigenvalue weighted by atomic mass is 19.4. The Hall–Kier alpha value is -2.43. The molecule has 0 aromatic heterocycles. The summed E-state index contributed by atoms with van der Waals surface area (Å²) < 4.78 is 37.0. The monoisotopic (exact) mass is 324 g/mol. The Morgan fingerprint density at radius 2 is 1.70 bits per heavy atom. The van der Waals surface area contributed by atoms with Crippen LogP contribution in [0.3, 0.4) is 0 Å². The molecule has 5 heteroatoms. The van der Waals surface area contributed by atoms with Gasteiger partial charge in [0.25, 0.3) is 0 Å². The Morgan fingerprint density at radius 1 is 1.13 bits per heavy atom. The van der Waals surface area contributed by atoms with Crippen molar-refractivity contribution in [3.8, 4) is 0 Å². The van der Waals surface area contributed by atoms with Crippen LogP contribution in [0, 0.1) is 0 Å². The first-order valence-corrected chi connectivity index (χ1v) is 6.84. The summed E-state index contributed by atoms with van der Waals surface area (Å²) in [7, 11) is 0. The first kappa shape index (κ1) is 20.6. The van der Waals surface area contributed by atoms with Gasteiger partial charge < -0.3 is 11.1 Å². The van der Waals surface area contributed by atoms with Gasteiger partial charge in [0.15, 0.2) is 0 Å². The lowest BCUT2D eigenvalue weighted by Crippen LogP contribution is -2.30. The minimum atomic E-state index is -4.46. The summed E-state index contributed by atoms with van der Waals surface area (Å²) in [5.74, 6) is 0. The fraction of sp³-hybridized carbons (Fsp3) is 0.222. The number of hydrogen-bond acceptors (Lipinski definition) is 2. The summed E-state index contributed by atoms with van der Waals surface area (Å²) in [4.78, 5) is 0. The van der Waals surface area contributed by atoms with Crippen LogP contribution in [0.15, 0.2) is 84.8 Å². The summed E-state index contributed by atoms with van der Waals surface area (Å²) in [5.41, 5.74) is 7.15. The first-order valence-electron chi connectivity index (χ1n) is 6.84. The molecule has 0 heterocycles. The van der Waals surface area contributed by atoms with Gasteiger partial charge in [0.1, 0.15) is 0 Å². The topological polar surface area (TPSA) is 38.0 Å². The lowest BCUT2D eigenvalue weighted by molar-refractivity contribution is -0.0878. The van der Waals surface area contributed by atoms with Crippen LogP contribution >= 0.6 is 0 Å². The Labute approximate surface area is 136 Å². The maximum atomic E-state index is 12.3. The van der Waals surface area contributed by atoms with E-state index in [0.717, 1.165) is 11.6 Å². The van der Waals surface area contributed by atoms with E-state index >= 15 is 0 Å². The van der Waals surface area contributed by atoms with Gasteiger partial charge in [0.2, 0.25) is 0 Å². The Kier molecular flexibility index (Phi) is 7.94. The van der Waals surface area contributed by atoms with Gasteiger partial charge in [-0.15, -0.1) is 0 Å². The van der Waals surface area contributed by atoms with Gasteiger partial charge in [0.05, 0.1) is 6.04 Å². The van der Waals surface area contributed by atoms with Crippen molar-refractivity contribution in [3.05, 3.63) is 84.8 Å². The molecule has 0 amide bonds. The van der Waals surface area contributed by atoms with Crippen LogP contribution in [0.2, 0.25) is 0 Å². The molecule has 0 aromatic carbocycles. The van der Waals surface area contributed by atoms with E-state index in [1.165, 1.54) is 6.08 Å². The second-order valence-corrected chi connectivity index (χ2v) is 5.01. The minimum Gasteiger partial charge on any atom is -0.400 e.